The van der Waals surface area contributed by atoms with Crippen LogP contribution in [0.5, 0.6) is 0 Å². The lowest BCUT2D eigenvalue weighted by Gasteiger charge is -2.25. The number of nitro groups is 1. The monoisotopic (exact) mass is 475 g/mol. The van der Waals surface area contributed by atoms with Crippen molar-refractivity contribution in [2.24, 2.45) is 5.92 Å². The molecular weight excluding hydrogens is 445 g/mol. The minimum atomic E-state index is -1.74. The van der Waals surface area contributed by atoms with Gasteiger partial charge in [-0.05, 0) is 34.2 Å². The number of rotatable bonds is 8. The Morgan fingerprint density at radius 3 is 2.31 bits per heavy atom. The summed E-state index contributed by atoms with van der Waals surface area (Å²) in [7, 11) is -1.74. The third-order valence-electron chi connectivity index (χ3n) is 6.68. The van der Waals surface area contributed by atoms with Gasteiger partial charge in [0.05, 0.1) is 11.9 Å². The lowest BCUT2D eigenvalue weighted by atomic mass is 9.74. The summed E-state index contributed by atoms with van der Waals surface area (Å²) in [6, 6.07) is 19.7. The number of nitrogens with one attached hydrogen (secondary N) is 2. The van der Waals surface area contributed by atoms with E-state index in [1.807, 2.05) is 86.6 Å². The largest absolute Gasteiger partial charge is 0.475 e. The van der Waals surface area contributed by atoms with Crippen LogP contribution in [0.1, 0.15) is 43.4 Å². The van der Waals surface area contributed by atoms with E-state index in [2.05, 4.69) is 10.6 Å². The van der Waals surface area contributed by atoms with Gasteiger partial charge in [0.1, 0.15) is 12.1 Å². The third kappa shape index (κ3) is 5.37. The van der Waals surface area contributed by atoms with Gasteiger partial charge >= 0.3 is 7.12 Å². The summed E-state index contributed by atoms with van der Waals surface area (Å²) in [5.41, 5.74) is 1.40. The zero-order valence-corrected chi connectivity index (χ0v) is 19.7. The van der Waals surface area contributed by atoms with Crippen molar-refractivity contribution in [3.05, 3.63) is 94.0 Å². The Hall–Kier alpha value is -3.27. The molecule has 0 radical (unpaired) electrons. The molecule has 1 unspecified atom stereocenters. The summed E-state index contributed by atoms with van der Waals surface area (Å²) < 4.78 is 0. The van der Waals surface area contributed by atoms with Crippen molar-refractivity contribution in [3.63, 3.8) is 0 Å². The lowest BCUT2D eigenvalue weighted by Crippen LogP contribution is -2.53. The molecule has 0 aromatic heterocycles. The lowest BCUT2D eigenvalue weighted by molar-refractivity contribution is -0.527. The molecule has 8 nitrogen and oxygen atoms in total. The first-order valence-corrected chi connectivity index (χ1v) is 11.9. The van der Waals surface area contributed by atoms with E-state index in [4.69, 9.17) is 0 Å². The molecular formula is C26H30BN3O5. The number of amides is 1. The second-order valence-electron chi connectivity index (χ2n) is 9.60. The van der Waals surface area contributed by atoms with E-state index >= 15 is 0 Å². The number of hydrogen-bond acceptors (Lipinski definition) is 6. The molecule has 182 valence electrons. The van der Waals surface area contributed by atoms with Crippen LogP contribution in [0, 0.1) is 16.0 Å². The molecule has 0 saturated carbocycles. The molecule has 1 heterocycles. The average molecular weight is 475 g/mol. The molecule has 0 aliphatic carbocycles. The first kappa shape index (κ1) is 24.8. The van der Waals surface area contributed by atoms with Gasteiger partial charge < -0.3 is 15.4 Å². The molecule has 3 aromatic carbocycles. The second kappa shape index (κ2) is 10.6. The highest BCUT2D eigenvalue weighted by molar-refractivity contribution is 6.43. The fourth-order valence-electron chi connectivity index (χ4n) is 5.09. The Morgan fingerprint density at radius 1 is 1.03 bits per heavy atom. The summed E-state index contributed by atoms with van der Waals surface area (Å²) in [5.74, 6) is -2.03. The fourth-order valence-corrected chi connectivity index (χ4v) is 5.09. The Morgan fingerprint density at radius 2 is 1.69 bits per heavy atom. The van der Waals surface area contributed by atoms with Crippen molar-refractivity contribution in [1.29, 1.82) is 0 Å². The van der Waals surface area contributed by atoms with Crippen molar-refractivity contribution in [2.45, 2.75) is 50.3 Å². The predicted octanol–water partition coefficient (Wildman–Crippen LogP) is 2.82. The van der Waals surface area contributed by atoms with Crippen molar-refractivity contribution in [3.8, 4) is 0 Å². The van der Waals surface area contributed by atoms with Gasteiger partial charge in [-0.1, -0.05) is 86.6 Å². The molecule has 1 amide bonds. The SMILES string of the molecule is CC(C)CC(NC(=O)[C@@H]1N[C@H](c2ccccc2)[C@@H]([N+](=O)[O-])[C@@H]1c1ccc2ccccc2c1)B(O)O. The summed E-state index contributed by atoms with van der Waals surface area (Å²) >= 11 is 0. The summed E-state index contributed by atoms with van der Waals surface area (Å²) in [6.45, 7) is 3.84. The predicted molar refractivity (Wildman–Crippen MR) is 135 cm³/mol. The van der Waals surface area contributed by atoms with Gasteiger partial charge in [0.25, 0.3) is 0 Å². The van der Waals surface area contributed by atoms with Crippen molar-refractivity contribution in [2.75, 3.05) is 0 Å². The fraction of sp³-hybridized carbons (Fsp3) is 0.346. The van der Waals surface area contributed by atoms with Crippen LogP contribution in [0.2, 0.25) is 0 Å². The Balaban J connectivity index is 1.76. The highest BCUT2D eigenvalue weighted by atomic mass is 16.6. The van der Waals surface area contributed by atoms with E-state index in [1.165, 1.54) is 0 Å². The van der Waals surface area contributed by atoms with Crippen LogP contribution in [-0.4, -0.2) is 46.0 Å². The normalized spacial score (nSPS) is 22.8. The van der Waals surface area contributed by atoms with Gasteiger partial charge in [-0.25, -0.2) is 0 Å². The number of carbonyl (C=O) groups excluding carboxylic acids is 1. The molecule has 9 heteroatoms. The minimum absolute atomic E-state index is 0.110. The van der Waals surface area contributed by atoms with E-state index in [-0.39, 0.29) is 10.8 Å². The molecule has 3 aromatic rings. The molecule has 1 fully saturated rings. The van der Waals surface area contributed by atoms with Crippen LogP contribution in [-0.2, 0) is 4.79 Å². The van der Waals surface area contributed by atoms with Gasteiger partial charge in [-0.3, -0.25) is 20.2 Å². The van der Waals surface area contributed by atoms with Gasteiger partial charge in [-0.15, -0.1) is 0 Å². The summed E-state index contributed by atoms with van der Waals surface area (Å²) in [5, 5.41) is 40.0. The first-order valence-electron chi connectivity index (χ1n) is 11.9. The second-order valence-corrected chi connectivity index (χ2v) is 9.60. The smallest absolute Gasteiger partial charge is 0.426 e. The quantitative estimate of drug-likeness (QED) is 0.226. The maximum absolute atomic E-state index is 13.5. The highest BCUT2D eigenvalue weighted by Gasteiger charge is 2.54. The molecule has 1 aliphatic heterocycles. The Kier molecular flexibility index (Phi) is 7.49. The first-order chi connectivity index (χ1) is 16.8. The minimum Gasteiger partial charge on any atom is -0.426 e. The third-order valence-corrected chi connectivity index (χ3v) is 6.68. The molecule has 4 N–H and O–H groups in total. The summed E-state index contributed by atoms with van der Waals surface area (Å²) in [4.78, 5) is 25.6. The van der Waals surface area contributed by atoms with Crippen LogP contribution in [0.15, 0.2) is 72.8 Å². The maximum atomic E-state index is 13.5. The van der Waals surface area contributed by atoms with E-state index in [0.717, 1.165) is 16.3 Å². The van der Waals surface area contributed by atoms with E-state index in [9.17, 15) is 25.0 Å². The van der Waals surface area contributed by atoms with Crippen LogP contribution in [0.25, 0.3) is 10.8 Å². The molecule has 35 heavy (non-hydrogen) atoms. The van der Waals surface area contributed by atoms with E-state index < -0.39 is 43.0 Å². The van der Waals surface area contributed by atoms with Crippen molar-refractivity contribution >= 4 is 23.8 Å². The zero-order chi connectivity index (χ0) is 25.1. The van der Waals surface area contributed by atoms with Gasteiger partial charge in [-0.2, -0.15) is 0 Å². The topological polar surface area (TPSA) is 125 Å². The number of fused-ring (bicyclic) bond motifs is 1. The standard InChI is InChI=1S/C26H30BN3O5/c1-16(2)14-21(27(32)33)28-26(31)24-22(20-13-12-17-8-6-7-11-19(17)15-20)25(30(34)35)23(29-24)18-9-4-3-5-10-18/h3-13,15-16,21-25,29,32-33H,14H2,1-2H3,(H,28,31)/t21?,22-,23-,24-,25+/m1/s1. The maximum Gasteiger partial charge on any atom is 0.475 e. The molecule has 1 aliphatic rings. The molecule has 1 saturated heterocycles. The highest BCUT2D eigenvalue weighted by Crippen LogP contribution is 2.41. The van der Waals surface area contributed by atoms with Crippen LogP contribution in [0.3, 0.4) is 0 Å². The Bertz CT molecular complexity index is 1190. The molecule has 4 rings (SSSR count). The van der Waals surface area contributed by atoms with Crippen LogP contribution in [0.4, 0.5) is 0 Å². The Labute approximate surface area is 204 Å². The van der Waals surface area contributed by atoms with Crippen molar-refractivity contribution in [1.82, 2.24) is 10.6 Å². The van der Waals surface area contributed by atoms with Crippen molar-refractivity contribution < 1.29 is 19.8 Å². The van der Waals surface area contributed by atoms with E-state index in [1.54, 1.807) is 0 Å². The average Bonchev–Trinajstić information content (AvgIpc) is 3.25. The van der Waals surface area contributed by atoms with Gasteiger partial charge in [0.2, 0.25) is 11.9 Å². The zero-order valence-electron chi connectivity index (χ0n) is 19.7. The summed E-state index contributed by atoms with van der Waals surface area (Å²) in [6.07, 6.45) is 0.359. The molecule has 0 spiro atoms. The number of benzene rings is 3. The number of nitrogens with zero attached hydrogens (tertiary/aromatic N) is 1. The van der Waals surface area contributed by atoms with Gasteiger partial charge in [0, 0.05) is 4.92 Å². The molecule has 5 atom stereocenters. The molecule has 0 bridgehead atoms. The number of hydrogen-bond donors (Lipinski definition) is 4. The van der Waals surface area contributed by atoms with Crippen LogP contribution >= 0.6 is 0 Å². The number of carbonyl (C=O) groups is 1. The van der Waals surface area contributed by atoms with Gasteiger partial charge in [0.15, 0.2) is 0 Å². The van der Waals surface area contributed by atoms with E-state index in [0.29, 0.717) is 12.0 Å². The van der Waals surface area contributed by atoms with Crippen LogP contribution < -0.4 is 10.6 Å².